The van der Waals surface area contributed by atoms with Gasteiger partial charge in [0.15, 0.2) is 0 Å². The lowest BCUT2D eigenvalue weighted by molar-refractivity contribution is 0.925. The molecule has 0 aromatic rings. The van der Waals surface area contributed by atoms with Crippen LogP contribution in [0.5, 0.6) is 0 Å². The van der Waals surface area contributed by atoms with Crippen LogP contribution in [-0.2, 0) is 6.42 Å². The molecule has 0 fully saturated rings. The smallest absolute Gasteiger partial charge is 0.00641 e. The Morgan fingerprint density at radius 1 is 1.15 bits per heavy atom. The molecule has 0 spiro atoms. The molecule has 0 aromatic heterocycles. The first-order chi connectivity index (χ1) is 6.40. The summed E-state index contributed by atoms with van der Waals surface area (Å²) in [5.41, 5.74) is 3.87. The zero-order chi connectivity index (χ0) is 9.10. The Bertz CT molecular complexity index is 332. The monoisotopic (exact) mass is 169 g/mol. The highest BCUT2D eigenvalue weighted by atomic mass is 14.1. The predicted octanol–water partition coefficient (Wildman–Crippen LogP) is 3.54. The van der Waals surface area contributed by atoms with Gasteiger partial charge < -0.3 is 0 Å². The van der Waals surface area contributed by atoms with E-state index in [-0.39, 0.29) is 0 Å². The van der Waals surface area contributed by atoms with E-state index in [0.717, 1.165) is 6.42 Å². The van der Waals surface area contributed by atoms with Crippen LogP contribution in [0.2, 0.25) is 0 Å². The maximum Gasteiger partial charge on any atom is -0.00641 e. The third-order valence-corrected chi connectivity index (χ3v) is 2.22. The minimum atomic E-state index is 1.14. The van der Waals surface area contributed by atoms with Gasteiger partial charge in [-0.15, -0.1) is 0 Å². The van der Waals surface area contributed by atoms with E-state index in [1.54, 1.807) is 0 Å². The Morgan fingerprint density at radius 2 is 2.00 bits per heavy atom. The fourth-order valence-electron chi connectivity index (χ4n) is 1.60. The van der Waals surface area contributed by atoms with Gasteiger partial charge in [0.2, 0.25) is 0 Å². The van der Waals surface area contributed by atoms with Crippen molar-refractivity contribution in [2.75, 3.05) is 0 Å². The maximum atomic E-state index is 3.42. The Kier molecular flexibility index (Phi) is 2.31. The van der Waals surface area contributed by atoms with Gasteiger partial charge in [-0.25, -0.2) is 0 Å². The highest BCUT2D eigenvalue weighted by Gasteiger charge is 2.03. The number of hydrogen-bond acceptors (Lipinski definition) is 0. The first-order valence-electron chi connectivity index (χ1n) is 4.80. The molecule has 2 rings (SSSR count). The third-order valence-electron chi connectivity index (χ3n) is 2.22. The standard InChI is InChI=1S/C13H13/c1-2-6-11-9-12-7-4-3-5-8-13(12)10-11/h3-5,7-9H,2,6H2,1H3. The molecule has 0 atom stereocenters. The zero-order valence-corrected chi connectivity index (χ0v) is 7.88. The summed E-state index contributed by atoms with van der Waals surface area (Å²) in [5, 5.41) is 0. The van der Waals surface area contributed by atoms with Gasteiger partial charge in [0.25, 0.3) is 0 Å². The van der Waals surface area contributed by atoms with E-state index in [1.807, 2.05) is 6.07 Å². The van der Waals surface area contributed by atoms with Crippen molar-refractivity contribution in [3.8, 4) is 11.1 Å². The molecule has 2 aliphatic rings. The van der Waals surface area contributed by atoms with E-state index in [1.165, 1.54) is 23.1 Å². The first kappa shape index (κ1) is 8.31. The summed E-state index contributed by atoms with van der Waals surface area (Å²) in [6.07, 6.45) is 2.33. The van der Waals surface area contributed by atoms with Crippen LogP contribution in [0.4, 0.5) is 0 Å². The number of fused-ring (bicyclic) bond motifs is 1. The van der Waals surface area contributed by atoms with Crippen molar-refractivity contribution in [1.29, 1.82) is 0 Å². The minimum absolute atomic E-state index is 1.14. The first-order valence-corrected chi connectivity index (χ1v) is 4.80. The van der Waals surface area contributed by atoms with Crippen LogP contribution in [-0.4, -0.2) is 0 Å². The molecule has 0 heterocycles. The number of rotatable bonds is 2. The van der Waals surface area contributed by atoms with Crippen molar-refractivity contribution in [3.63, 3.8) is 0 Å². The molecule has 1 radical (unpaired) electrons. The van der Waals surface area contributed by atoms with Crippen molar-refractivity contribution >= 4 is 0 Å². The van der Waals surface area contributed by atoms with E-state index in [2.05, 4.69) is 43.3 Å². The lowest BCUT2D eigenvalue weighted by Gasteiger charge is -1.86. The van der Waals surface area contributed by atoms with Crippen molar-refractivity contribution in [2.24, 2.45) is 0 Å². The third kappa shape index (κ3) is 1.72. The van der Waals surface area contributed by atoms with E-state index in [9.17, 15) is 0 Å². The molecule has 0 amide bonds. The predicted molar refractivity (Wildman–Crippen MR) is 55.9 cm³/mol. The fraction of sp³-hybridized carbons (Fsp3) is 0.231. The van der Waals surface area contributed by atoms with E-state index in [4.69, 9.17) is 0 Å². The molecule has 0 nitrogen and oxygen atoms in total. The molecule has 13 heavy (non-hydrogen) atoms. The van der Waals surface area contributed by atoms with Crippen molar-refractivity contribution in [3.05, 3.63) is 48.0 Å². The Balaban J connectivity index is 2.45. The lowest BCUT2D eigenvalue weighted by atomic mass is 10.2. The minimum Gasteiger partial charge on any atom is -0.0651 e. The van der Waals surface area contributed by atoms with Gasteiger partial charge in [0, 0.05) is 0 Å². The zero-order valence-electron chi connectivity index (χ0n) is 7.88. The summed E-state index contributed by atoms with van der Waals surface area (Å²) in [4.78, 5) is 0. The lowest BCUT2D eigenvalue weighted by Crippen LogP contribution is -1.74. The summed E-state index contributed by atoms with van der Waals surface area (Å²) in [6.45, 7) is 2.20. The van der Waals surface area contributed by atoms with E-state index >= 15 is 0 Å². The molecule has 0 unspecified atom stereocenters. The maximum absolute atomic E-state index is 3.42. The average molecular weight is 169 g/mol. The van der Waals surface area contributed by atoms with Gasteiger partial charge in [0.1, 0.15) is 0 Å². The van der Waals surface area contributed by atoms with E-state index < -0.39 is 0 Å². The summed E-state index contributed by atoms with van der Waals surface area (Å²) in [7, 11) is 0. The largest absolute Gasteiger partial charge is 0.0651 e. The quantitative estimate of drug-likeness (QED) is 0.645. The molecule has 0 aliphatic heterocycles. The van der Waals surface area contributed by atoms with Crippen LogP contribution < -0.4 is 0 Å². The van der Waals surface area contributed by atoms with Crippen LogP contribution in [0.25, 0.3) is 11.1 Å². The molecule has 0 bridgehead atoms. The molecule has 65 valence electrons. The van der Waals surface area contributed by atoms with Crippen LogP contribution in [0.3, 0.4) is 0 Å². The molecular formula is C13H13. The van der Waals surface area contributed by atoms with Gasteiger partial charge in [-0.05, 0) is 29.2 Å². The summed E-state index contributed by atoms with van der Waals surface area (Å²) in [6, 6.07) is 16.1. The summed E-state index contributed by atoms with van der Waals surface area (Å²) < 4.78 is 0. The van der Waals surface area contributed by atoms with Gasteiger partial charge >= 0.3 is 0 Å². The second kappa shape index (κ2) is 3.61. The second-order valence-corrected chi connectivity index (χ2v) is 3.32. The Morgan fingerprint density at radius 3 is 2.85 bits per heavy atom. The van der Waals surface area contributed by atoms with E-state index in [0.29, 0.717) is 0 Å². The normalized spacial score (nSPS) is 10.5. The van der Waals surface area contributed by atoms with Crippen molar-refractivity contribution < 1.29 is 0 Å². The molecule has 0 saturated carbocycles. The summed E-state index contributed by atoms with van der Waals surface area (Å²) >= 11 is 0. The van der Waals surface area contributed by atoms with Crippen molar-refractivity contribution in [2.45, 2.75) is 19.8 Å². The highest BCUT2D eigenvalue weighted by molar-refractivity contribution is 5.67. The molecule has 2 aliphatic carbocycles. The number of aryl methyl sites for hydroxylation is 1. The molecule has 0 saturated heterocycles. The van der Waals surface area contributed by atoms with Gasteiger partial charge in [-0.2, -0.15) is 0 Å². The Hall–Kier alpha value is -1.30. The van der Waals surface area contributed by atoms with Gasteiger partial charge in [0.05, 0.1) is 0 Å². The topological polar surface area (TPSA) is 0 Å². The van der Waals surface area contributed by atoms with Crippen LogP contribution in [0, 0.1) is 6.07 Å². The summed E-state index contributed by atoms with van der Waals surface area (Å²) in [5.74, 6) is 0. The SMILES string of the molecule is CCCc1[c]c2cccccc-2c1. The molecular weight excluding hydrogens is 156 g/mol. The van der Waals surface area contributed by atoms with Crippen LogP contribution >= 0.6 is 0 Å². The highest BCUT2D eigenvalue weighted by Crippen LogP contribution is 2.24. The van der Waals surface area contributed by atoms with Gasteiger partial charge in [-0.1, -0.05) is 49.7 Å². The van der Waals surface area contributed by atoms with Crippen LogP contribution in [0.1, 0.15) is 18.9 Å². The van der Waals surface area contributed by atoms with Gasteiger partial charge in [-0.3, -0.25) is 0 Å². The number of hydrogen-bond donors (Lipinski definition) is 0. The average Bonchev–Trinajstić information content (AvgIpc) is 2.37. The van der Waals surface area contributed by atoms with Crippen molar-refractivity contribution in [1.82, 2.24) is 0 Å². The molecule has 0 aromatic carbocycles. The second-order valence-electron chi connectivity index (χ2n) is 3.32. The van der Waals surface area contributed by atoms with Crippen LogP contribution in [0.15, 0.2) is 36.4 Å². The fourth-order valence-corrected chi connectivity index (χ4v) is 1.60. The molecule has 0 N–H and O–H groups in total. The Labute approximate surface area is 79.6 Å². The molecule has 0 heteroatoms.